The molecular formula is C27H32F4N2O10. The number of carbonyl (C=O) groups excluding carboxylic acids is 1. The van der Waals surface area contributed by atoms with Gasteiger partial charge in [-0.05, 0) is 11.0 Å². The van der Waals surface area contributed by atoms with Gasteiger partial charge in [0.05, 0.1) is 12.3 Å². The maximum Gasteiger partial charge on any atom is 0.408 e. The molecule has 0 aliphatic heterocycles. The largest absolute Gasteiger partial charge is 0.485 e. The SMILES string of the molecule is CC(C)(C)C(C(=O)O)C(NC(=O)OCc1ccccc1)C(=O)O.N[C@@H](CC(=O)O)C(O)COc1c(F)c(F)cc(F)c1F. The first-order valence-electron chi connectivity index (χ1n) is 12.4. The number of halogens is 4. The molecule has 2 aromatic rings. The van der Waals surface area contributed by atoms with E-state index >= 15 is 0 Å². The molecule has 0 saturated heterocycles. The van der Waals surface area contributed by atoms with Gasteiger partial charge in [-0.15, -0.1) is 0 Å². The Kier molecular flexibility index (Phi) is 13.8. The lowest BCUT2D eigenvalue weighted by molar-refractivity contribution is -0.155. The molecule has 0 bridgehead atoms. The molecule has 2 aromatic carbocycles. The van der Waals surface area contributed by atoms with Crippen molar-refractivity contribution in [1.82, 2.24) is 5.32 Å². The molecule has 0 aliphatic rings. The summed E-state index contributed by atoms with van der Waals surface area (Å²) >= 11 is 0. The van der Waals surface area contributed by atoms with Crippen molar-refractivity contribution in [3.63, 3.8) is 0 Å². The van der Waals surface area contributed by atoms with Gasteiger partial charge in [0.1, 0.15) is 25.4 Å². The number of aliphatic hydroxyl groups is 1. The van der Waals surface area contributed by atoms with E-state index in [0.29, 0.717) is 0 Å². The van der Waals surface area contributed by atoms with E-state index in [0.717, 1.165) is 5.56 Å². The van der Waals surface area contributed by atoms with Crippen LogP contribution in [-0.2, 0) is 25.7 Å². The molecule has 43 heavy (non-hydrogen) atoms. The number of carboxylic acid groups (broad SMARTS) is 3. The fraction of sp³-hybridized carbons (Fsp3) is 0.407. The number of alkyl carbamates (subject to hydrolysis) is 1. The second kappa shape index (κ2) is 16.3. The zero-order chi connectivity index (χ0) is 33.1. The van der Waals surface area contributed by atoms with Gasteiger partial charge >= 0.3 is 24.0 Å². The molecule has 238 valence electrons. The average molecular weight is 621 g/mol. The number of rotatable bonds is 12. The summed E-state index contributed by atoms with van der Waals surface area (Å²) in [6, 6.07) is 6.00. The number of carbonyl (C=O) groups is 4. The molecule has 0 radical (unpaired) electrons. The van der Waals surface area contributed by atoms with Crippen LogP contribution in [0.5, 0.6) is 5.75 Å². The van der Waals surface area contributed by atoms with Gasteiger partial charge in [-0.1, -0.05) is 51.1 Å². The first kappa shape index (κ1) is 36.6. The minimum absolute atomic E-state index is 0.00409. The van der Waals surface area contributed by atoms with Crippen molar-refractivity contribution in [2.24, 2.45) is 17.1 Å². The highest BCUT2D eigenvalue weighted by Gasteiger charge is 2.43. The van der Waals surface area contributed by atoms with Gasteiger partial charge in [0.25, 0.3) is 0 Å². The zero-order valence-corrected chi connectivity index (χ0v) is 23.2. The van der Waals surface area contributed by atoms with Crippen LogP contribution in [0.2, 0.25) is 0 Å². The van der Waals surface area contributed by atoms with Crippen LogP contribution in [0.4, 0.5) is 22.4 Å². The minimum atomic E-state index is -1.76. The summed E-state index contributed by atoms with van der Waals surface area (Å²) in [4.78, 5) is 44.9. The molecule has 0 saturated carbocycles. The Morgan fingerprint density at radius 3 is 1.91 bits per heavy atom. The number of aliphatic carboxylic acids is 3. The number of hydrogen-bond acceptors (Lipinski definition) is 8. The van der Waals surface area contributed by atoms with Crippen LogP contribution in [0, 0.1) is 34.6 Å². The Balaban J connectivity index is 0.000000434. The van der Waals surface area contributed by atoms with Crippen molar-refractivity contribution in [2.75, 3.05) is 6.61 Å². The third-order valence-corrected chi connectivity index (χ3v) is 5.66. The molecule has 16 heteroatoms. The van der Waals surface area contributed by atoms with E-state index in [-0.39, 0.29) is 12.7 Å². The van der Waals surface area contributed by atoms with E-state index in [1.807, 2.05) is 6.07 Å². The average Bonchev–Trinajstić information content (AvgIpc) is 2.89. The van der Waals surface area contributed by atoms with E-state index < -0.39 is 95.6 Å². The monoisotopic (exact) mass is 620 g/mol. The van der Waals surface area contributed by atoms with Crippen LogP contribution in [0.15, 0.2) is 36.4 Å². The Hall–Kier alpha value is -4.44. The lowest BCUT2D eigenvalue weighted by Gasteiger charge is -2.31. The van der Waals surface area contributed by atoms with Gasteiger partial charge in [0.2, 0.25) is 11.6 Å². The molecular weight excluding hydrogens is 588 g/mol. The maximum absolute atomic E-state index is 13.2. The summed E-state index contributed by atoms with van der Waals surface area (Å²) in [5.41, 5.74) is 5.15. The topological polar surface area (TPSA) is 206 Å². The van der Waals surface area contributed by atoms with Gasteiger partial charge in [-0.25, -0.2) is 18.4 Å². The molecule has 0 heterocycles. The number of amides is 1. The Morgan fingerprint density at radius 1 is 0.930 bits per heavy atom. The molecule has 12 nitrogen and oxygen atoms in total. The van der Waals surface area contributed by atoms with Crippen LogP contribution in [-0.4, -0.2) is 69.2 Å². The minimum Gasteiger partial charge on any atom is -0.485 e. The fourth-order valence-electron chi connectivity index (χ4n) is 3.50. The summed E-state index contributed by atoms with van der Waals surface area (Å²) < 4.78 is 61.5. The third kappa shape index (κ3) is 11.8. The van der Waals surface area contributed by atoms with Crippen molar-refractivity contribution < 1.29 is 66.6 Å². The molecule has 0 spiro atoms. The third-order valence-electron chi connectivity index (χ3n) is 5.66. The normalized spacial score (nSPS) is 13.8. The first-order valence-corrected chi connectivity index (χ1v) is 12.4. The summed E-state index contributed by atoms with van der Waals surface area (Å²) in [5, 5.41) is 38.5. The van der Waals surface area contributed by atoms with Gasteiger partial charge in [0, 0.05) is 12.1 Å². The Labute approximate surface area is 243 Å². The number of ether oxygens (including phenoxy) is 2. The summed E-state index contributed by atoms with van der Waals surface area (Å²) in [5.74, 6) is -13.5. The second-order valence-electron chi connectivity index (χ2n) is 10.1. The maximum atomic E-state index is 13.2. The Bertz CT molecular complexity index is 1250. The summed E-state index contributed by atoms with van der Waals surface area (Å²) in [6.45, 7) is 3.92. The van der Waals surface area contributed by atoms with E-state index in [9.17, 15) is 52.1 Å². The Morgan fingerprint density at radius 2 is 1.47 bits per heavy atom. The van der Waals surface area contributed by atoms with E-state index in [2.05, 4.69) is 10.1 Å². The van der Waals surface area contributed by atoms with Gasteiger partial charge < -0.3 is 41.0 Å². The number of hydrogen-bond donors (Lipinski definition) is 6. The van der Waals surface area contributed by atoms with Crippen LogP contribution >= 0.6 is 0 Å². The number of nitrogens with two attached hydrogens (primary N) is 1. The van der Waals surface area contributed by atoms with Crippen molar-refractivity contribution in [2.45, 2.75) is 52.0 Å². The van der Waals surface area contributed by atoms with Crippen molar-refractivity contribution in [1.29, 1.82) is 0 Å². The molecule has 3 unspecified atom stereocenters. The molecule has 4 atom stereocenters. The quantitative estimate of drug-likeness (QED) is 0.150. The highest BCUT2D eigenvalue weighted by atomic mass is 19.2. The lowest BCUT2D eigenvalue weighted by atomic mass is 9.76. The molecule has 0 aromatic heterocycles. The highest BCUT2D eigenvalue weighted by molar-refractivity contribution is 5.86. The number of nitrogens with one attached hydrogen (secondary N) is 1. The molecule has 1 amide bonds. The van der Waals surface area contributed by atoms with Crippen molar-refractivity contribution in [3.05, 3.63) is 65.2 Å². The van der Waals surface area contributed by atoms with E-state index in [1.54, 1.807) is 45.0 Å². The van der Waals surface area contributed by atoms with Crippen LogP contribution in [0.3, 0.4) is 0 Å². The van der Waals surface area contributed by atoms with Gasteiger partial charge in [-0.2, -0.15) is 8.78 Å². The van der Waals surface area contributed by atoms with E-state index in [1.165, 1.54) is 0 Å². The smallest absolute Gasteiger partial charge is 0.408 e. The predicted octanol–water partition coefficient (Wildman–Crippen LogP) is 2.90. The summed E-state index contributed by atoms with van der Waals surface area (Å²) in [6.07, 6.45) is -3.18. The second-order valence-corrected chi connectivity index (χ2v) is 10.1. The number of aliphatic hydroxyl groups excluding tert-OH is 1. The summed E-state index contributed by atoms with van der Waals surface area (Å²) in [7, 11) is 0. The predicted molar refractivity (Wildman–Crippen MR) is 140 cm³/mol. The number of benzene rings is 2. The van der Waals surface area contributed by atoms with Gasteiger partial charge in [-0.3, -0.25) is 9.59 Å². The van der Waals surface area contributed by atoms with Crippen LogP contribution < -0.4 is 15.8 Å². The standard InChI is InChI=1S/C16H21NO6.C11H11F4NO4/c1-16(2,3)11(13(18)19)12(14(20)21)17-15(22)23-9-10-7-5-4-6-8-10;12-4-1-5(13)10(15)11(9(4)14)20-3-7(17)6(16)2-8(18)19/h4-8,11-12H,9H2,1-3H3,(H,17,22)(H,18,19)(H,20,21);1,6-7,17H,2-3,16H2,(H,18,19)/t;6-,7?/m.0/s1. The molecule has 0 aliphatic carbocycles. The van der Waals surface area contributed by atoms with Crippen molar-refractivity contribution in [3.8, 4) is 5.75 Å². The highest BCUT2D eigenvalue weighted by Crippen LogP contribution is 2.29. The van der Waals surface area contributed by atoms with Crippen molar-refractivity contribution >= 4 is 24.0 Å². The molecule has 2 rings (SSSR count). The van der Waals surface area contributed by atoms with Gasteiger partial charge in [0.15, 0.2) is 17.4 Å². The fourth-order valence-corrected chi connectivity index (χ4v) is 3.50. The van der Waals surface area contributed by atoms with Crippen LogP contribution in [0.25, 0.3) is 0 Å². The number of carboxylic acids is 3. The molecule has 0 fully saturated rings. The first-order chi connectivity index (χ1) is 19.9. The van der Waals surface area contributed by atoms with Crippen LogP contribution in [0.1, 0.15) is 32.8 Å². The zero-order valence-electron chi connectivity index (χ0n) is 23.2. The molecule has 7 N–H and O–H groups in total. The lowest BCUT2D eigenvalue weighted by Crippen LogP contribution is -2.52. The van der Waals surface area contributed by atoms with E-state index in [4.69, 9.17) is 15.6 Å².